The number of aliphatic carboxylic acids is 1. The molecular weight excluding hydrogens is 563 g/mol. The third kappa shape index (κ3) is 6.84. The Morgan fingerprint density at radius 3 is 2.56 bits per heavy atom. The Hall–Kier alpha value is -4.35. The molecule has 1 aromatic heterocycles. The molecule has 43 heavy (non-hydrogen) atoms. The highest BCUT2D eigenvalue weighted by molar-refractivity contribution is 5.92. The second kappa shape index (κ2) is 12.9. The van der Waals surface area contributed by atoms with Gasteiger partial charge in [-0.2, -0.15) is 18.3 Å². The first-order valence-electron chi connectivity index (χ1n) is 14.4. The second-order valence-electron chi connectivity index (χ2n) is 10.8. The van der Waals surface area contributed by atoms with Gasteiger partial charge in [-0.1, -0.05) is 36.4 Å². The molecule has 228 valence electrons. The number of allylic oxidation sites excluding steroid dienone is 3. The number of urea groups is 1. The lowest BCUT2D eigenvalue weighted by Crippen LogP contribution is -2.47. The fourth-order valence-corrected chi connectivity index (χ4v) is 5.68. The molecule has 0 bridgehead atoms. The number of likely N-dealkylation sites (tertiary alicyclic amines) is 1. The summed E-state index contributed by atoms with van der Waals surface area (Å²) in [6.07, 6.45) is 5.17. The summed E-state index contributed by atoms with van der Waals surface area (Å²) in [5.74, 6) is -2.45. The van der Waals surface area contributed by atoms with Crippen molar-refractivity contribution in [2.45, 2.75) is 38.4 Å². The smallest absolute Gasteiger partial charge is 0.412 e. The summed E-state index contributed by atoms with van der Waals surface area (Å²) >= 11 is 0. The van der Waals surface area contributed by atoms with Crippen LogP contribution in [0.1, 0.15) is 26.2 Å². The van der Waals surface area contributed by atoms with E-state index in [2.05, 4.69) is 33.6 Å². The normalized spacial score (nSPS) is 22.4. The van der Waals surface area contributed by atoms with Crippen molar-refractivity contribution in [3.63, 3.8) is 0 Å². The number of hydrogen-bond donors (Lipinski definition) is 2. The van der Waals surface area contributed by atoms with E-state index in [0.717, 1.165) is 38.6 Å². The zero-order valence-electron chi connectivity index (χ0n) is 23.7. The standard InChI is InChI=1S/C31H34F3N5O4/c1-2-35-30(42)38-16-14-22(15-17-38)21-12-10-20(11-13-21)19-43-26-8-4-3-6-23(26)25-7-5-9-27(37-25)39-28(31(32,33)34)24(18-36-39)29(40)41/h3-10,12-13,18,20,22,24,28H,2,11,14-17,19H2,1H3,(H,35,42)(H,40,41). The van der Waals surface area contributed by atoms with Gasteiger partial charge in [-0.25, -0.2) is 14.8 Å². The molecule has 3 unspecified atom stereocenters. The van der Waals surface area contributed by atoms with E-state index in [4.69, 9.17) is 4.74 Å². The Morgan fingerprint density at radius 1 is 1.12 bits per heavy atom. The number of carboxylic acid groups (broad SMARTS) is 1. The number of hydrogen-bond acceptors (Lipinski definition) is 6. The molecule has 1 saturated heterocycles. The minimum absolute atomic E-state index is 0.00425. The van der Waals surface area contributed by atoms with E-state index in [1.165, 1.54) is 11.6 Å². The number of carbonyl (C=O) groups excluding carboxylic acids is 1. The van der Waals surface area contributed by atoms with Crippen LogP contribution in [0.4, 0.5) is 23.8 Å². The van der Waals surface area contributed by atoms with Crippen molar-refractivity contribution in [3.8, 4) is 17.0 Å². The van der Waals surface area contributed by atoms with Crippen LogP contribution < -0.4 is 15.1 Å². The van der Waals surface area contributed by atoms with Crippen molar-refractivity contribution in [1.82, 2.24) is 15.2 Å². The number of para-hydroxylation sites is 1. The molecule has 0 spiro atoms. The van der Waals surface area contributed by atoms with Crippen LogP contribution in [0.5, 0.6) is 5.75 Å². The molecule has 0 radical (unpaired) electrons. The quantitative estimate of drug-likeness (QED) is 0.416. The van der Waals surface area contributed by atoms with Crippen molar-refractivity contribution in [3.05, 3.63) is 66.3 Å². The highest BCUT2D eigenvalue weighted by Crippen LogP contribution is 2.38. The zero-order valence-corrected chi connectivity index (χ0v) is 23.7. The number of nitrogens with zero attached hydrogens (tertiary/aromatic N) is 4. The van der Waals surface area contributed by atoms with Gasteiger partial charge in [0.2, 0.25) is 0 Å². The van der Waals surface area contributed by atoms with Crippen LogP contribution in [0.15, 0.2) is 71.4 Å². The molecule has 1 aromatic carbocycles. The third-order valence-electron chi connectivity index (χ3n) is 7.96. The van der Waals surface area contributed by atoms with Crippen LogP contribution in [0.3, 0.4) is 0 Å². The Morgan fingerprint density at radius 2 is 1.88 bits per heavy atom. The van der Waals surface area contributed by atoms with Crippen molar-refractivity contribution >= 4 is 24.0 Å². The van der Waals surface area contributed by atoms with Gasteiger partial charge in [-0.15, -0.1) is 0 Å². The number of ether oxygens (including phenoxy) is 1. The minimum atomic E-state index is -4.83. The molecule has 2 N–H and O–H groups in total. The van der Waals surface area contributed by atoms with Crippen LogP contribution in [0.25, 0.3) is 11.3 Å². The number of benzene rings is 1. The largest absolute Gasteiger partial charge is 0.492 e. The van der Waals surface area contributed by atoms with Crippen LogP contribution in [-0.4, -0.2) is 71.7 Å². The molecule has 3 atom stereocenters. The number of pyridine rings is 1. The van der Waals surface area contributed by atoms with Crippen LogP contribution >= 0.6 is 0 Å². The van der Waals surface area contributed by atoms with Gasteiger partial charge in [0.25, 0.3) is 0 Å². The summed E-state index contributed by atoms with van der Waals surface area (Å²) in [5, 5.41) is 16.5. The maximum Gasteiger partial charge on any atom is 0.412 e. The molecule has 2 aliphatic heterocycles. The third-order valence-corrected chi connectivity index (χ3v) is 7.96. The predicted molar refractivity (Wildman–Crippen MR) is 156 cm³/mol. The Bertz CT molecular complexity index is 1420. The van der Waals surface area contributed by atoms with Gasteiger partial charge in [0.15, 0.2) is 6.04 Å². The maximum atomic E-state index is 13.8. The number of nitrogens with one attached hydrogen (secondary N) is 1. The van der Waals surface area contributed by atoms with Gasteiger partial charge in [0, 0.05) is 37.3 Å². The Kier molecular flexibility index (Phi) is 9.02. The van der Waals surface area contributed by atoms with Gasteiger partial charge in [0.1, 0.15) is 17.5 Å². The first kappa shape index (κ1) is 30.1. The Balaban J connectivity index is 1.22. The molecule has 9 nitrogen and oxygen atoms in total. The summed E-state index contributed by atoms with van der Waals surface area (Å²) in [6, 6.07) is 9.39. The lowest BCUT2D eigenvalue weighted by molar-refractivity contribution is -0.166. The van der Waals surface area contributed by atoms with Crippen LogP contribution in [-0.2, 0) is 4.79 Å². The summed E-state index contributed by atoms with van der Waals surface area (Å²) < 4.78 is 47.6. The fraction of sp³-hybridized carbons (Fsp3) is 0.419. The number of hydrazone groups is 1. The summed E-state index contributed by atoms with van der Waals surface area (Å²) in [4.78, 5) is 29.8. The van der Waals surface area contributed by atoms with Gasteiger partial charge < -0.3 is 20.1 Å². The van der Waals surface area contributed by atoms with Gasteiger partial charge in [0.05, 0.1) is 12.3 Å². The van der Waals surface area contributed by atoms with Crippen LogP contribution in [0, 0.1) is 17.8 Å². The van der Waals surface area contributed by atoms with Gasteiger partial charge in [-0.3, -0.25) is 4.79 Å². The maximum absolute atomic E-state index is 13.8. The van der Waals surface area contributed by atoms with E-state index in [-0.39, 0.29) is 17.8 Å². The molecule has 1 fully saturated rings. The van der Waals surface area contributed by atoms with E-state index in [9.17, 15) is 27.9 Å². The van der Waals surface area contributed by atoms with Crippen LogP contribution in [0.2, 0.25) is 0 Å². The molecule has 2 amide bonds. The van der Waals surface area contributed by atoms with E-state index in [1.807, 2.05) is 17.9 Å². The lowest BCUT2D eigenvalue weighted by Gasteiger charge is -2.33. The van der Waals surface area contributed by atoms with Gasteiger partial charge in [-0.05, 0) is 61.9 Å². The van der Waals surface area contributed by atoms with Crippen molar-refractivity contribution < 1.29 is 32.6 Å². The number of rotatable bonds is 8. The van der Waals surface area contributed by atoms with Crippen molar-refractivity contribution in [1.29, 1.82) is 0 Å². The number of anilines is 1. The fourth-order valence-electron chi connectivity index (χ4n) is 5.68. The zero-order chi connectivity index (χ0) is 30.6. The molecule has 12 heteroatoms. The lowest BCUT2D eigenvalue weighted by atomic mass is 9.84. The molecule has 0 saturated carbocycles. The van der Waals surface area contributed by atoms with E-state index in [1.54, 1.807) is 30.3 Å². The summed E-state index contributed by atoms with van der Waals surface area (Å²) in [7, 11) is 0. The van der Waals surface area contributed by atoms with E-state index >= 15 is 0 Å². The SMILES string of the molecule is CCNC(=O)N1CCC(C2=CCC(COc3ccccc3-c3cccc(N4N=CC(C(=O)O)C4C(F)(F)F)n3)C=C2)CC1. The number of piperidine rings is 1. The number of halogens is 3. The molecule has 3 aliphatic rings. The molecule has 3 heterocycles. The van der Waals surface area contributed by atoms with Gasteiger partial charge >= 0.3 is 18.2 Å². The number of amides is 2. The average molecular weight is 598 g/mol. The number of carbonyl (C=O) groups is 2. The highest BCUT2D eigenvalue weighted by Gasteiger charge is 2.54. The molecule has 5 rings (SSSR count). The van der Waals surface area contributed by atoms with Crippen molar-refractivity contribution in [2.75, 3.05) is 31.3 Å². The highest BCUT2D eigenvalue weighted by atomic mass is 19.4. The topological polar surface area (TPSA) is 107 Å². The number of carboxylic acids is 1. The molecular formula is C31H34F3N5O4. The average Bonchev–Trinajstić information content (AvgIpc) is 3.48. The predicted octanol–water partition coefficient (Wildman–Crippen LogP) is 5.51. The second-order valence-corrected chi connectivity index (χ2v) is 10.8. The Labute approximate surface area is 247 Å². The number of alkyl halides is 3. The van der Waals surface area contributed by atoms with E-state index in [0.29, 0.717) is 41.1 Å². The minimum Gasteiger partial charge on any atom is -0.492 e. The van der Waals surface area contributed by atoms with Crippen molar-refractivity contribution in [2.24, 2.45) is 22.9 Å². The van der Waals surface area contributed by atoms with E-state index < -0.39 is 24.1 Å². The summed E-state index contributed by atoms with van der Waals surface area (Å²) in [5.41, 5.74) is 2.27. The number of aromatic nitrogens is 1. The first-order valence-corrected chi connectivity index (χ1v) is 14.4. The monoisotopic (exact) mass is 597 g/mol. The molecule has 2 aromatic rings. The summed E-state index contributed by atoms with van der Waals surface area (Å²) in [6.45, 7) is 4.41. The first-order chi connectivity index (χ1) is 20.7. The molecule has 1 aliphatic carbocycles.